The average Bonchev–Trinajstić information content (AvgIpc) is 3.24. The van der Waals surface area contributed by atoms with Crippen LogP contribution in [0.5, 0.6) is 17.2 Å². The first-order valence-electron chi connectivity index (χ1n) is 13.9. The fraction of sp³-hybridized carbons (Fsp3) is 0.333. The summed E-state index contributed by atoms with van der Waals surface area (Å²) in [7, 11) is 4.78. The van der Waals surface area contributed by atoms with Gasteiger partial charge in [-0.25, -0.2) is 0 Å². The number of anilines is 1. The highest BCUT2D eigenvalue weighted by atomic mass is 16.5. The lowest BCUT2D eigenvalue weighted by Crippen LogP contribution is -2.45. The van der Waals surface area contributed by atoms with Crippen molar-refractivity contribution in [2.45, 2.75) is 25.8 Å². The molecule has 0 radical (unpaired) electrons. The Kier molecular flexibility index (Phi) is 8.47. The quantitative estimate of drug-likeness (QED) is 0.454. The Bertz CT molecular complexity index is 1500. The monoisotopic (exact) mass is 555 g/mol. The van der Waals surface area contributed by atoms with Crippen LogP contribution in [0.15, 0.2) is 65.6 Å². The lowest BCUT2D eigenvalue weighted by Gasteiger charge is -2.35. The van der Waals surface area contributed by atoms with Crippen molar-refractivity contribution in [3.8, 4) is 28.4 Å². The second-order valence-electron chi connectivity index (χ2n) is 10.3. The molecule has 8 nitrogen and oxygen atoms in total. The van der Waals surface area contributed by atoms with Gasteiger partial charge in [-0.2, -0.15) is 0 Å². The van der Waals surface area contributed by atoms with E-state index in [2.05, 4.69) is 39.5 Å². The highest BCUT2D eigenvalue weighted by Crippen LogP contribution is 2.50. The Morgan fingerprint density at radius 1 is 0.927 bits per heavy atom. The van der Waals surface area contributed by atoms with E-state index in [4.69, 9.17) is 14.2 Å². The maximum absolute atomic E-state index is 13.8. The summed E-state index contributed by atoms with van der Waals surface area (Å²) in [6.07, 6.45) is 5.53. The van der Waals surface area contributed by atoms with E-state index in [1.54, 1.807) is 27.4 Å². The molecule has 1 heterocycles. The lowest BCUT2D eigenvalue weighted by atomic mass is 9.95. The van der Waals surface area contributed by atoms with Crippen LogP contribution in [0.3, 0.4) is 0 Å². The van der Waals surface area contributed by atoms with E-state index in [0.717, 1.165) is 54.0 Å². The maximum Gasteiger partial charge on any atom is 0.217 e. The van der Waals surface area contributed by atoms with E-state index in [1.807, 2.05) is 36.4 Å². The molecule has 1 atom stereocenters. The molecule has 1 aliphatic heterocycles. The van der Waals surface area contributed by atoms with Crippen LogP contribution in [0.2, 0.25) is 0 Å². The fourth-order valence-electron chi connectivity index (χ4n) is 5.83. The summed E-state index contributed by atoms with van der Waals surface area (Å²) >= 11 is 0. The van der Waals surface area contributed by atoms with Gasteiger partial charge in [0, 0.05) is 38.7 Å². The Hall–Kier alpha value is -4.46. The molecule has 1 N–H and O–H groups in total. The van der Waals surface area contributed by atoms with Crippen LogP contribution in [0.1, 0.15) is 36.1 Å². The fourth-order valence-corrected chi connectivity index (χ4v) is 5.83. The molecule has 5 rings (SSSR count). The van der Waals surface area contributed by atoms with Gasteiger partial charge in [0.2, 0.25) is 17.1 Å². The van der Waals surface area contributed by atoms with Crippen LogP contribution >= 0.6 is 0 Å². The van der Waals surface area contributed by atoms with E-state index in [1.165, 1.54) is 6.92 Å². The van der Waals surface area contributed by atoms with Crippen LogP contribution in [-0.4, -0.2) is 58.3 Å². The molecule has 1 amide bonds. The van der Waals surface area contributed by atoms with Crippen molar-refractivity contribution in [1.82, 2.24) is 10.2 Å². The topological polar surface area (TPSA) is 80.3 Å². The normalized spacial score (nSPS) is 16.4. The third kappa shape index (κ3) is 5.87. The number of hydrogen-bond donors (Lipinski definition) is 1. The van der Waals surface area contributed by atoms with Gasteiger partial charge in [-0.15, -0.1) is 0 Å². The number of hydrogen-bond acceptors (Lipinski definition) is 7. The third-order valence-electron chi connectivity index (χ3n) is 7.83. The second-order valence-corrected chi connectivity index (χ2v) is 10.3. The molecule has 0 bridgehead atoms. The Labute approximate surface area is 241 Å². The molecule has 1 saturated heterocycles. The molecular weight excluding hydrogens is 518 g/mol. The zero-order valence-electron chi connectivity index (χ0n) is 24.1. The van der Waals surface area contributed by atoms with E-state index in [9.17, 15) is 9.59 Å². The number of methoxy groups -OCH3 is 3. The van der Waals surface area contributed by atoms with Crippen molar-refractivity contribution in [3.05, 3.63) is 87.7 Å². The summed E-state index contributed by atoms with van der Waals surface area (Å²) in [6, 6.07) is 17.5. The molecule has 1 fully saturated rings. The van der Waals surface area contributed by atoms with E-state index < -0.39 is 0 Å². The number of nitrogens with one attached hydrogen (secondary N) is 1. The summed E-state index contributed by atoms with van der Waals surface area (Å²) in [5.41, 5.74) is 5.20. The van der Waals surface area contributed by atoms with Gasteiger partial charge < -0.3 is 29.3 Å². The highest BCUT2D eigenvalue weighted by molar-refractivity contribution is 5.83. The van der Waals surface area contributed by atoms with E-state index >= 15 is 0 Å². The van der Waals surface area contributed by atoms with Gasteiger partial charge in [0.05, 0.1) is 33.1 Å². The molecule has 2 aliphatic rings. The zero-order valence-corrected chi connectivity index (χ0v) is 24.1. The summed E-state index contributed by atoms with van der Waals surface area (Å²) in [5.74, 6) is 1.47. The summed E-state index contributed by atoms with van der Waals surface area (Å²) in [4.78, 5) is 30.4. The molecule has 41 heavy (non-hydrogen) atoms. The number of amides is 1. The van der Waals surface area contributed by atoms with Crippen LogP contribution in [0, 0.1) is 0 Å². The van der Waals surface area contributed by atoms with Crippen molar-refractivity contribution in [1.29, 1.82) is 0 Å². The van der Waals surface area contributed by atoms with Crippen molar-refractivity contribution >= 4 is 17.7 Å². The number of benzene rings is 2. The van der Waals surface area contributed by atoms with E-state index in [-0.39, 0.29) is 17.4 Å². The number of fused-ring (bicyclic) bond motifs is 3. The third-order valence-corrected chi connectivity index (χ3v) is 7.83. The number of carbonyl (C=O) groups excluding carboxylic acids is 1. The van der Waals surface area contributed by atoms with Gasteiger partial charge in [0.1, 0.15) is 0 Å². The minimum absolute atomic E-state index is 0.0715. The number of aryl methyl sites for hydroxylation is 1. The van der Waals surface area contributed by atoms with Crippen molar-refractivity contribution in [2.75, 3.05) is 52.4 Å². The molecule has 8 heteroatoms. The van der Waals surface area contributed by atoms with Crippen LogP contribution in [-0.2, 0) is 11.2 Å². The lowest BCUT2D eigenvalue weighted by molar-refractivity contribution is -0.119. The smallest absolute Gasteiger partial charge is 0.217 e. The van der Waals surface area contributed by atoms with Gasteiger partial charge in [-0.05, 0) is 65.6 Å². The number of carbonyl (C=O) groups is 1. The number of ether oxygens (including phenoxy) is 3. The van der Waals surface area contributed by atoms with Gasteiger partial charge >= 0.3 is 0 Å². The number of rotatable bonds is 7. The molecule has 0 aromatic heterocycles. The molecule has 214 valence electrons. The standard InChI is InChI=1S/C33H37N3O5/c1-22(37)34-27-12-10-24-20-30(39-2)32(40-3)33(41-4)31(24)25-11-13-28(29(38)21-26(25)27)36-18-16-35(17-19-36)15-14-23-8-6-5-7-9-23/h5-9,11,13-15,20-21,27H,10,12,16-19H2,1-4H3,(H,34,37)/t27-/m1/s1. The molecule has 0 spiro atoms. The molecule has 3 aromatic carbocycles. The Balaban J connectivity index is 1.53. The van der Waals surface area contributed by atoms with Gasteiger partial charge in [0.25, 0.3) is 0 Å². The minimum Gasteiger partial charge on any atom is -0.493 e. The highest BCUT2D eigenvalue weighted by Gasteiger charge is 2.30. The molecule has 0 unspecified atom stereocenters. The predicted octanol–water partition coefficient (Wildman–Crippen LogP) is 4.66. The van der Waals surface area contributed by atoms with Gasteiger partial charge in [0.15, 0.2) is 11.5 Å². The van der Waals surface area contributed by atoms with Crippen LogP contribution in [0.25, 0.3) is 17.2 Å². The Morgan fingerprint density at radius 3 is 2.32 bits per heavy atom. The number of nitrogens with zero attached hydrogens (tertiary/aromatic N) is 2. The molecule has 3 aromatic rings. The largest absolute Gasteiger partial charge is 0.493 e. The predicted molar refractivity (Wildman–Crippen MR) is 162 cm³/mol. The molecular formula is C33H37N3O5. The Morgan fingerprint density at radius 2 is 1.66 bits per heavy atom. The first-order valence-corrected chi connectivity index (χ1v) is 13.9. The minimum atomic E-state index is -0.329. The van der Waals surface area contributed by atoms with Gasteiger partial charge in [-0.1, -0.05) is 36.4 Å². The second kappa shape index (κ2) is 12.4. The zero-order chi connectivity index (χ0) is 28.9. The maximum atomic E-state index is 13.8. The van der Waals surface area contributed by atoms with Gasteiger partial charge in [-0.3, -0.25) is 9.59 Å². The first kappa shape index (κ1) is 28.1. The van der Waals surface area contributed by atoms with Crippen molar-refractivity contribution < 1.29 is 19.0 Å². The first-order chi connectivity index (χ1) is 19.9. The van der Waals surface area contributed by atoms with Crippen LogP contribution in [0.4, 0.5) is 5.69 Å². The van der Waals surface area contributed by atoms with Crippen molar-refractivity contribution in [2.24, 2.45) is 0 Å². The van der Waals surface area contributed by atoms with E-state index in [0.29, 0.717) is 35.8 Å². The average molecular weight is 556 g/mol. The van der Waals surface area contributed by atoms with Crippen LogP contribution < -0.4 is 29.9 Å². The molecule has 1 aliphatic carbocycles. The number of piperazine rings is 1. The summed E-state index contributed by atoms with van der Waals surface area (Å²) in [6.45, 7) is 4.57. The SMILES string of the molecule is COc1cc2c(c(OC)c1OC)-c1ccc(N3CCN(C=Cc4ccccc4)CC3)c(=O)cc1[C@H](NC(C)=O)CC2. The van der Waals surface area contributed by atoms with Crippen molar-refractivity contribution in [3.63, 3.8) is 0 Å². The summed E-state index contributed by atoms with van der Waals surface area (Å²) in [5, 5.41) is 3.07. The summed E-state index contributed by atoms with van der Waals surface area (Å²) < 4.78 is 17.2. The molecule has 0 saturated carbocycles.